The summed E-state index contributed by atoms with van der Waals surface area (Å²) in [6.07, 6.45) is 4.40. The number of hydrogen-bond donors (Lipinski definition) is 2. The van der Waals surface area contributed by atoms with Crippen molar-refractivity contribution < 1.29 is 20.1 Å². The second kappa shape index (κ2) is 8.03. The molecule has 1 aromatic rings. The molecule has 0 radical (unpaired) electrons. The molecule has 2 N–H and O–H groups in total. The van der Waals surface area contributed by atoms with E-state index in [0.29, 0.717) is 17.5 Å². The number of allylic oxidation sites excluding steroid dienone is 3. The minimum Gasteiger partial charge on any atom is -0.507 e. The zero-order valence-electron chi connectivity index (χ0n) is 16.5. The van der Waals surface area contributed by atoms with Gasteiger partial charge in [-0.25, -0.2) is 0 Å². The van der Waals surface area contributed by atoms with Gasteiger partial charge in [0, 0.05) is 11.5 Å². The number of benzene rings is 1. The maximum atomic E-state index is 10.7. The minimum absolute atomic E-state index is 0.0375. The monoisotopic (exact) mass is 375 g/mol. The summed E-state index contributed by atoms with van der Waals surface area (Å²) in [6, 6.07) is 3.29. The van der Waals surface area contributed by atoms with Crippen molar-refractivity contribution in [2.24, 2.45) is 5.92 Å². The smallest absolute Gasteiger partial charge is 0.294 e. The first-order valence-corrected chi connectivity index (χ1v) is 9.19. The zero-order valence-corrected chi connectivity index (χ0v) is 16.5. The van der Waals surface area contributed by atoms with Gasteiger partial charge in [0.15, 0.2) is 0 Å². The fourth-order valence-corrected chi connectivity index (χ4v) is 3.78. The average Bonchev–Trinajstić information content (AvgIpc) is 2.53. The van der Waals surface area contributed by atoms with Crippen LogP contribution >= 0.6 is 0 Å². The molecule has 0 unspecified atom stereocenters. The molecule has 1 aliphatic rings. The Morgan fingerprint density at radius 2 is 1.96 bits per heavy atom. The highest BCUT2D eigenvalue weighted by Gasteiger charge is 2.31. The molecule has 0 bridgehead atoms. The van der Waals surface area contributed by atoms with Gasteiger partial charge in [-0.2, -0.15) is 0 Å². The molecule has 2 rings (SSSR count). The molecular weight excluding hydrogens is 346 g/mol. The van der Waals surface area contributed by atoms with Crippen molar-refractivity contribution in [1.29, 1.82) is 0 Å². The largest absolute Gasteiger partial charge is 0.507 e. The number of phenols is 2. The molecule has 6 nitrogen and oxygen atoms in total. The third-order valence-corrected chi connectivity index (χ3v) is 5.56. The van der Waals surface area contributed by atoms with Crippen LogP contribution in [0.4, 0.5) is 0 Å². The zero-order chi connectivity index (χ0) is 20.4. The standard InChI is InChI=1S/C21H29NO5/c1-13(2)16-7-6-14(3)10-17(16)20-18(23)11-15(12-19(20)24)21(4,5)8-9-27-22(25)26/h10-12,16-17,23-24H,1,6-9H2,2-5H3/t16-,17+/m0/s1. The number of nitrogens with zero attached hydrogens (tertiary/aromatic N) is 1. The van der Waals surface area contributed by atoms with Gasteiger partial charge in [0.25, 0.3) is 5.09 Å². The van der Waals surface area contributed by atoms with Crippen LogP contribution < -0.4 is 0 Å². The Labute approximate surface area is 160 Å². The molecular formula is C21H29NO5. The van der Waals surface area contributed by atoms with Crippen LogP contribution in [0.1, 0.15) is 64.0 Å². The fraction of sp³-hybridized carbons (Fsp3) is 0.524. The number of phenolic OH excluding ortho intramolecular Hbond substituents is 2. The average molecular weight is 375 g/mol. The molecule has 0 heterocycles. The maximum absolute atomic E-state index is 10.7. The summed E-state index contributed by atoms with van der Waals surface area (Å²) in [5, 5.41) is 31.0. The van der Waals surface area contributed by atoms with Crippen LogP contribution in [0.3, 0.4) is 0 Å². The van der Waals surface area contributed by atoms with E-state index in [9.17, 15) is 20.3 Å². The second-order valence-electron chi connectivity index (χ2n) is 8.15. The molecule has 1 aliphatic carbocycles. The van der Waals surface area contributed by atoms with Crippen molar-refractivity contribution >= 4 is 0 Å². The molecule has 0 spiro atoms. The van der Waals surface area contributed by atoms with Gasteiger partial charge in [-0.3, -0.25) is 0 Å². The lowest BCUT2D eigenvalue weighted by atomic mass is 9.73. The molecule has 27 heavy (non-hydrogen) atoms. The molecule has 0 saturated carbocycles. The van der Waals surface area contributed by atoms with E-state index in [1.165, 1.54) is 5.57 Å². The maximum Gasteiger partial charge on any atom is 0.294 e. The highest BCUT2D eigenvalue weighted by molar-refractivity contribution is 5.53. The highest BCUT2D eigenvalue weighted by Crippen LogP contribution is 2.47. The molecule has 0 aliphatic heterocycles. The Bertz CT molecular complexity index is 743. The fourth-order valence-electron chi connectivity index (χ4n) is 3.78. The molecule has 0 fully saturated rings. The predicted octanol–water partition coefficient (Wildman–Crippen LogP) is 4.99. The summed E-state index contributed by atoms with van der Waals surface area (Å²) < 4.78 is 0. The van der Waals surface area contributed by atoms with E-state index in [2.05, 4.69) is 24.4 Å². The number of hydrogen-bond acceptors (Lipinski definition) is 5. The van der Waals surface area contributed by atoms with Crippen LogP contribution in [0.15, 0.2) is 35.9 Å². The van der Waals surface area contributed by atoms with Gasteiger partial charge >= 0.3 is 0 Å². The molecule has 0 amide bonds. The van der Waals surface area contributed by atoms with E-state index in [0.717, 1.165) is 18.4 Å². The van der Waals surface area contributed by atoms with E-state index >= 15 is 0 Å². The van der Waals surface area contributed by atoms with Crippen molar-refractivity contribution in [3.63, 3.8) is 0 Å². The SMILES string of the molecule is C=C(C)[C@@H]1CCC(C)=C[C@H]1c1c(O)cc(C(C)(C)CCO[N+](=O)[O-])cc1O. The van der Waals surface area contributed by atoms with Crippen molar-refractivity contribution in [3.8, 4) is 11.5 Å². The van der Waals surface area contributed by atoms with Crippen molar-refractivity contribution in [2.45, 2.75) is 58.3 Å². The van der Waals surface area contributed by atoms with Gasteiger partial charge in [0.2, 0.25) is 0 Å². The van der Waals surface area contributed by atoms with Gasteiger partial charge < -0.3 is 15.1 Å². The van der Waals surface area contributed by atoms with E-state index < -0.39 is 10.5 Å². The summed E-state index contributed by atoms with van der Waals surface area (Å²) in [5.74, 6) is 0.120. The lowest BCUT2D eigenvalue weighted by molar-refractivity contribution is -0.758. The van der Waals surface area contributed by atoms with Gasteiger partial charge in [0.05, 0.1) is 6.61 Å². The predicted molar refractivity (Wildman–Crippen MR) is 104 cm³/mol. The third kappa shape index (κ3) is 4.81. The van der Waals surface area contributed by atoms with E-state index in [1.807, 2.05) is 20.8 Å². The van der Waals surface area contributed by atoms with E-state index in [-0.39, 0.29) is 29.9 Å². The second-order valence-corrected chi connectivity index (χ2v) is 8.15. The molecule has 2 atom stereocenters. The van der Waals surface area contributed by atoms with Crippen LogP contribution in [0.2, 0.25) is 0 Å². The van der Waals surface area contributed by atoms with Crippen LogP contribution in [0.5, 0.6) is 11.5 Å². The molecule has 148 valence electrons. The van der Waals surface area contributed by atoms with Crippen LogP contribution in [-0.4, -0.2) is 21.9 Å². The van der Waals surface area contributed by atoms with Gasteiger partial charge in [-0.05, 0) is 62.1 Å². The lowest BCUT2D eigenvalue weighted by Crippen LogP contribution is -2.21. The molecule has 0 saturated heterocycles. The van der Waals surface area contributed by atoms with Crippen LogP contribution in [-0.2, 0) is 10.3 Å². The summed E-state index contributed by atoms with van der Waals surface area (Å²) >= 11 is 0. The molecule has 1 aromatic carbocycles. The van der Waals surface area contributed by atoms with E-state index in [4.69, 9.17) is 0 Å². The normalized spacial score (nSPS) is 20.1. The number of rotatable bonds is 7. The third-order valence-electron chi connectivity index (χ3n) is 5.56. The lowest BCUT2D eigenvalue weighted by Gasteiger charge is -2.32. The van der Waals surface area contributed by atoms with Crippen LogP contribution in [0.25, 0.3) is 0 Å². The van der Waals surface area contributed by atoms with Crippen LogP contribution in [0, 0.1) is 16.0 Å². The van der Waals surface area contributed by atoms with Crippen molar-refractivity contribution in [1.82, 2.24) is 0 Å². The first-order chi connectivity index (χ1) is 12.5. The Kier molecular flexibility index (Phi) is 6.19. The number of aromatic hydroxyl groups is 2. The van der Waals surface area contributed by atoms with Gasteiger partial charge in [-0.15, -0.1) is 10.1 Å². The summed E-state index contributed by atoms with van der Waals surface area (Å²) in [4.78, 5) is 14.8. The van der Waals surface area contributed by atoms with Crippen molar-refractivity contribution in [3.05, 3.63) is 57.2 Å². The Hall–Kier alpha value is -2.50. The Morgan fingerprint density at radius 3 is 2.48 bits per heavy atom. The van der Waals surface area contributed by atoms with E-state index in [1.54, 1.807) is 12.1 Å². The van der Waals surface area contributed by atoms with Gasteiger partial charge in [-0.1, -0.05) is 37.6 Å². The quantitative estimate of drug-likeness (QED) is 0.398. The molecule has 0 aromatic heterocycles. The molecule has 6 heteroatoms. The summed E-state index contributed by atoms with van der Waals surface area (Å²) in [6.45, 7) is 11.9. The summed E-state index contributed by atoms with van der Waals surface area (Å²) in [5.41, 5.74) is 2.98. The highest BCUT2D eigenvalue weighted by atomic mass is 16.9. The first kappa shape index (κ1) is 20.8. The Balaban J connectivity index is 2.37. The minimum atomic E-state index is -0.816. The summed E-state index contributed by atoms with van der Waals surface area (Å²) in [7, 11) is 0. The Morgan fingerprint density at radius 1 is 1.37 bits per heavy atom. The van der Waals surface area contributed by atoms with Crippen molar-refractivity contribution in [2.75, 3.05) is 6.61 Å². The van der Waals surface area contributed by atoms with Gasteiger partial charge in [0.1, 0.15) is 11.5 Å². The first-order valence-electron chi connectivity index (χ1n) is 9.19. The topological polar surface area (TPSA) is 92.8 Å².